The summed E-state index contributed by atoms with van der Waals surface area (Å²) in [6.45, 7) is 0.645. The zero-order chi connectivity index (χ0) is 25.1. The van der Waals surface area contributed by atoms with Crippen LogP contribution in [0.5, 0.6) is 0 Å². The maximum atomic E-state index is 13.3. The Balaban J connectivity index is 1.95. The van der Waals surface area contributed by atoms with E-state index in [4.69, 9.17) is 9.88 Å². The maximum absolute atomic E-state index is 13.3. The number of ether oxygens (including phenoxy) is 1. The number of benzene rings is 1. The molecular formula is C21H23F3N4O5S. The summed E-state index contributed by atoms with van der Waals surface area (Å²) in [5, 5.41) is 7.51. The third-order valence-electron chi connectivity index (χ3n) is 5.42. The van der Waals surface area contributed by atoms with Gasteiger partial charge in [0.25, 0.3) is 5.91 Å². The Labute approximate surface area is 194 Å². The highest BCUT2D eigenvalue weighted by molar-refractivity contribution is 7.89. The molecule has 2 aromatic rings. The zero-order valence-electron chi connectivity index (χ0n) is 18.1. The highest BCUT2D eigenvalue weighted by Crippen LogP contribution is 2.33. The van der Waals surface area contributed by atoms with Crippen LogP contribution in [0.3, 0.4) is 0 Å². The van der Waals surface area contributed by atoms with Crippen molar-refractivity contribution in [1.29, 1.82) is 0 Å². The van der Waals surface area contributed by atoms with E-state index in [-0.39, 0.29) is 40.4 Å². The van der Waals surface area contributed by atoms with E-state index < -0.39 is 27.7 Å². The number of carbonyl (C=O) groups excluding carboxylic acids is 2. The molecule has 1 fully saturated rings. The normalized spacial score (nSPS) is 17.1. The van der Waals surface area contributed by atoms with Crippen LogP contribution in [0.2, 0.25) is 0 Å². The van der Waals surface area contributed by atoms with Crippen LogP contribution >= 0.6 is 0 Å². The monoisotopic (exact) mass is 500 g/mol. The van der Waals surface area contributed by atoms with E-state index in [1.54, 1.807) is 4.90 Å². The first-order chi connectivity index (χ1) is 15.9. The minimum Gasteiger partial charge on any atom is -0.469 e. The number of sulfonamides is 1. The second-order valence-electron chi connectivity index (χ2n) is 7.76. The van der Waals surface area contributed by atoms with Gasteiger partial charge in [-0.15, -0.1) is 0 Å². The predicted octanol–water partition coefficient (Wildman–Crippen LogP) is 2.78. The molecule has 1 aromatic carbocycles. The first kappa shape index (κ1) is 25.4. The number of nitrogens with zero attached hydrogens (tertiary/aromatic N) is 2. The molecule has 34 heavy (non-hydrogen) atoms. The second-order valence-corrected chi connectivity index (χ2v) is 9.32. The molecule has 1 saturated heterocycles. The number of amides is 1. The lowest BCUT2D eigenvalue weighted by Gasteiger charge is -2.24. The van der Waals surface area contributed by atoms with Crippen molar-refractivity contribution in [3.63, 3.8) is 0 Å². The van der Waals surface area contributed by atoms with Crippen molar-refractivity contribution < 1.29 is 35.9 Å². The number of nitrogens with one attached hydrogen (secondary N) is 1. The van der Waals surface area contributed by atoms with E-state index in [2.05, 4.69) is 10.3 Å². The number of pyridine rings is 1. The van der Waals surface area contributed by atoms with Crippen molar-refractivity contribution in [2.45, 2.75) is 30.3 Å². The van der Waals surface area contributed by atoms with Crippen LogP contribution in [0.15, 0.2) is 41.4 Å². The average molecular weight is 500 g/mol. The number of hydrogen-bond acceptors (Lipinski definition) is 7. The Morgan fingerprint density at radius 3 is 2.59 bits per heavy atom. The van der Waals surface area contributed by atoms with Gasteiger partial charge in [-0.2, -0.15) is 13.2 Å². The summed E-state index contributed by atoms with van der Waals surface area (Å²) in [5.41, 5.74) is -1.42. The molecule has 3 N–H and O–H groups in total. The van der Waals surface area contributed by atoms with Gasteiger partial charge in [0.15, 0.2) is 0 Å². The topological polar surface area (TPSA) is 132 Å². The number of hydrogen-bond donors (Lipinski definition) is 2. The van der Waals surface area contributed by atoms with Crippen molar-refractivity contribution in [3.05, 3.63) is 47.7 Å². The number of esters is 1. The zero-order valence-corrected chi connectivity index (χ0v) is 18.9. The van der Waals surface area contributed by atoms with E-state index in [1.807, 2.05) is 0 Å². The molecular weight excluding hydrogens is 477 g/mol. The Bertz CT molecular complexity index is 1190. The molecule has 9 nitrogen and oxygen atoms in total. The third-order valence-corrected chi connectivity index (χ3v) is 6.33. The molecule has 0 bridgehead atoms. The van der Waals surface area contributed by atoms with Crippen LogP contribution in [0.4, 0.5) is 24.7 Å². The Morgan fingerprint density at radius 2 is 1.94 bits per heavy atom. The van der Waals surface area contributed by atoms with E-state index in [9.17, 15) is 31.2 Å². The number of rotatable bonds is 5. The molecule has 1 aliphatic rings. The lowest BCUT2D eigenvalue weighted by molar-refractivity contribution is -0.145. The molecule has 1 amide bonds. The lowest BCUT2D eigenvalue weighted by atomic mass is 10.0. The quantitative estimate of drug-likeness (QED) is 0.604. The number of anilines is 2. The molecule has 0 radical (unpaired) electrons. The molecule has 1 atom stereocenters. The summed E-state index contributed by atoms with van der Waals surface area (Å²) in [6, 6.07) is 5.73. The molecule has 0 aliphatic carbocycles. The summed E-state index contributed by atoms with van der Waals surface area (Å²) in [7, 11) is -2.77. The number of methoxy groups -OCH3 is 1. The minimum atomic E-state index is -4.73. The molecule has 1 aromatic heterocycles. The first-order valence-corrected chi connectivity index (χ1v) is 11.8. The Kier molecular flexibility index (Phi) is 7.46. The maximum Gasteiger partial charge on any atom is 0.417 e. The van der Waals surface area contributed by atoms with Gasteiger partial charge in [-0.05, 0) is 43.5 Å². The van der Waals surface area contributed by atoms with Gasteiger partial charge in [0.2, 0.25) is 10.0 Å². The summed E-state index contributed by atoms with van der Waals surface area (Å²) in [4.78, 5) is 30.2. The molecule has 2 heterocycles. The minimum absolute atomic E-state index is 0.0265. The SMILES string of the molecule is COC(=O)C1CCCN(c2ncc(C(F)(F)F)cc2C(=O)Nc2cccc(S(N)(=O)=O)c2)CC1. The molecule has 1 unspecified atom stereocenters. The van der Waals surface area contributed by atoms with E-state index in [1.165, 1.54) is 25.3 Å². The second kappa shape index (κ2) is 9.97. The smallest absolute Gasteiger partial charge is 0.417 e. The number of aromatic nitrogens is 1. The number of primary sulfonamides is 1. The Hall–Kier alpha value is -3.19. The van der Waals surface area contributed by atoms with Crippen molar-refractivity contribution in [1.82, 2.24) is 4.98 Å². The van der Waals surface area contributed by atoms with Crippen LogP contribution in [-0.4, -0.2) is 45.5 Å². The molecule has 1 aliphatic heterocycles. The van der Waals surface area contributed by atoms with Crippen molar-refractivity contribution >= 4 is 33.4 Å². The number of carbonyl (C=O) groups is 2. The van der Waals surface area contributed by atoms with Crippen LogP contribution in [-0.2, 0) is 25.7 Å². The van der Waals surface area contributed by atoms with Gasteiger partial charge in [-0.1, -0.05) is 6.07 Å². The van der Waals surface area contributed by atoms with Gasteiger partial charge in [0.05, 0.1) is 29.1 Å². The average Bonchev–Trinajstić information content (AvgIpc) is 3.03. The standard InChI is InChI=1S/C21H23F3N4O5S/c1-33-20(30)13-4-3-8-28(9-7-13)18-17(10-14(12-26-18)21(22,23)24)19(29)27-15-5-2-6-16(11-15)34(25,31)32/h2,5-6,10-13H,3-4,7-9H2,1H3,(H,27,29)(H2,25,31,32). The lowest BCUT2D eigenvalue weighted by Crippen LogP contribution is -2.29. The van der Waals surface area contributed by atoms with Crippen LogP contribution in [0.1, 0.15) is 35.2 Å². The predicted molar refractivity (Wildman–Crippen MR) is 117 cm³/mol. The number of nitrogens with two attached hydrogens (primary N) is 1. The molecule has 3 rings (SSSR count). The van der Waals surface area contributed by atoms with E-state index in [0.717, 1.165) is 6.07 Å². The van der Waals surface area contributed by atoms with Gasteiger partial charge in [-0.25, -0.2) is 18.5 Å². The van der Waals surface area contributed by atoms with Gasteiger partial charge in [-0.3, -0.25) is 9.59 Å². The van der Waals surface area contributed by atoms with E-state index >= 15 is 0 Å². The fourth-order valence-corrected chi connectivity index (χ4v) is 4.25. The van der Waals surface area contributed by atoms with Gasteiger partial charge in [0.1, 0.15) is 5.82 Å². The number of alkyl halides is 3. The summed E-state index contributed by atoms with van der Waals surface area (Å²) in [6.07, 6.45) is -2.63. The highest BCUT2D eigenvalue weighted by atomic mass is 32.2. The largest absolute Gasteiger partial charge is 0.469 e. The van der Waals surface area contributed by atoms with Crippen LogP contribution in [0, 0.1) is 5.92 Å². The van der Waals surface area contributed by atoms with Crippen LogP contribution < -0.4 is 15.4 Å². The van der Waals surface area contributed by atoms with Gasteiger partial charge < -0.3 is 15.0 Å². The first-order valence-electron chi connectivity index (χ1n) is 10.2. The summed E-state index contributed by atoms with van der Waals surface area (Å²) >= 11 is 0. The van der Waals surface area contributed by atoms with Gasteiger partial charge in [0, 0.05) is 25.0 Å². The Morgan fingerprint density at radius 1 is 1.21 bits per heavy atom. The molecule has 13 heteroatoms. The third kappa shape index (κ3) is 6.03. The summed E-state index contributed by atoms with van der Waals surface area (Å²) < 4.78 is 68.0. The molecule has 0 saturated carbocycles. The van der Waals surface area contributed by atoms with Crippen molar-refractivity contribution in [2.24, 2.45) is 11.1 Å². The molecule has 0 spiro atoms. The molecule has 184 valence electrons. The highest BCUT2D eigenvalue weighted by Gasteiger charge is 2.34. The fraction of sp³-hybridized carbons (Fsp3) is 0.381. The fourth-order valence-electron chi connectivity index (χ4n) is 3.69. The van der Waals surface area contributed by atoms with Gasteiger partial charge >= 0.3 is 12.1 Å². The van der Waals surface area contributed by atoms with E-state index in [0.29, 0.717) is 38.1 Å². The van der Waals surface area contributed by atoms with Crippen LogP contribution in [0.25, 0.3) is 0 Å². The number of halogens is 3. The summed E-state index contributed by atoms with van der Waals surface area (Å²) in [5.74, 6) is -1.61. The van der Waals surface area contributed by atoms with Crippen molar-refractivity contribution in [2.75, 3.05) is 30.4 Å². The van der Waals surface area contributed by atoms with Crippen molar-refractivity contribution in [3.8, 4) is 0 Å².